The second kappa shape index (κ2) is 4.56. The normalized spacial score (nSPS) is 10.8. The summed E-state index contributed by atoms with van der Waals surface area (Å²) < 4.78 is 0. The highest BCUT2D eigenvalue weighted by Gasteiger charge is 2.05. The molecule has 0 saturated carbocycles. The first-order valence-corrected chi connectivity index (χ1v) is 6.41. The van der Waals surface area contributed by atoms with E-state index < -0.39 is 0 Å². The molecule has 2 aromatic carbocycles. The number of rotatable bonds is 1. The molecule has 94 valence electrons. The van der Waals surface area contributed by atoms with Gasteiger partial charge in [-0.05, 0) is 36.2 Å². The maximum atomic E-state index is 11.4. The fourth-order valence-corrected chi connectivity index (χ4v) is 2.53. The SMILES string of the molecule is Cc1cc(=O)[nH]c2ccc(-c3ccccc3Cl)cc12. The van der Waals surface area contributed by atoms with E-state index in [1.54, 1.807) is 6.07 Å². The maximum Gasteiger partial charge on any atom is 0.248 e. The molecule has 0 radical (unpaired) electrons. The number of aromatic nitrogens is 1. The summed E-state index contributed by atoms with van der Waals surface area (Å²) in [4.78, 5) is 14.3. The van der Waals surface area contributed by atoms with Crippen LogP contribution in [-0.2, 0) is 0 Å². The highest BCUT2D eigenvalue weighted by molar-refractivity contribution is 6.33. The van der Waals surface area contributed by atoms with Gasteiger partial charge in [0.05, 0.1) is 0 Å². The average molecular weight is 270 g/mol. The Morgan fingerprint density at radius 3 is 2.63 bits per heavy atom. The molecular weight excluding hydrogens is 258 g/mol. The minimum absolute atomic E-state index is 0.0736. The maximum absolute atomic E-state index is 11.4. The molecule has 0 atom stereocenters. The van der Waals surface area contributed by atoms with Crippen molar-refractivity contribution >= 4 is 22.5 Å². The van der Waals surface area contributed by atoms with Crippen LogP contribution in [0.5, 0.6) is 0 Å². The summed E-state index contributed by atoms with van der Waals surface area (Å²) in [7, 11) is 0. The number of pyridine rings is 1. The quantitative estimate of drug-likeness (QED) is 0.707. The van der Waals surface area contributed by atoms with Crippen LogP contribution in [0.4, 0.5) is 0 Å². The van der Waals surface area contributed by atoms with Gasteiger partial charge in [0.15, 0.2) is 0 Å². The number of H-pyrrole nitrogens is 1. The fraction of sp³-hybridized carbons (Fsp3) is 0.0625. The lowest BCUT2D eigenvalue weighted by molar-refractivity contribution is 1.28. The van der Waals surface area contributed by atoms with Crippen LogP contribution in [0, 0.1) is 6.92 Å². The number of hydrogen-bond acceptors (Lipinski definition) is 1. The van der Waals surface area contributed by atoms with Crippen molar-refractivity contribution in [3.8, 4) is 11.1 Å². The minimum atomic E-state index is -0.0736. The van der Waals surface area contributed by atoms with Gasteiger partial charge in [-0.15, -0.1) is 0 Å². The molecule has 0 aliphatic carbocycles. The third-order valence-corrected chi connectivity index (χ3v) is 3.56. The van der Waals surface area contributed by atoms with Crippen LogP contribution in [0.2, 0.25) is 5.02 Å². The molecule has 0 amide bonds. The first-order chi connectivity index (χ1) is 9.15. The minimum Gasteiger partial charge on any atom is -0.322 e. The van der Waals surface area contributed by atoms with Crippen molar-refractivity contribution in [2.75, 3.05) is 0 Å². The molecule has 0 aliphatic rings. The molecule has 0 fully saturated rings. The van der Waals surface area contributed by atoms with Gasteiger partial charge in [-0.3, -0.25) is 4.79 Å². The number of aryl methyl sites for hydroxylation is 1. The van der Waals surface area contributed by atoms with Gasteiger partial charge in [-0.25, -0.2) is 0 Å². The van der Waals surface area contributed by atoms with E-state index in [4.69, 9.17) is 11.6 Å². The number of benzene rings is 2. The molecule has 0 aliphatic heterocycles. The van der Waals surface area contributed by atoms with Crippen LogP contribution in [0.3, 0.4) is 0 Å². The zero-order valence-corrected chi connectivity index (χ0v) is 11.2. The smallest absolute Gasteiger partial charge is 0.248 e. The Morgan fingerprint density at radius 2 is 1.84 bits per heavy atom. The zero-order valence-electron chi connectivity index (χ0n) is 10.4. The third-order valence-electron chi connectivity index (χ3n) is 3.23. The summed E-state index contributed by atoms with van der Waals surface area (Å²) in [6, 6.07) is 15.3. The third kappa shape index (κ3) is 2.15. The molecule has 3 heteroatoms. The topological polar surface area (TPSA) is 32.9 Å². The van der Waals surface area contributed by atoms with Crippen LogP contribution in [-0.4, -0.2) is 4.98 Å². The van der Waals surface area contributed by atoms with Crippen molar-refractivity contribution in [2.24, 2.45) is 0 Å². The summed E-state index contributed by atoms with van der Waals surface area (Å²) in [5.74, 6) is 0. The standard InChI is InChI=1S/C16H12ClNO/c1-10-8-16(19)18-15-7-6-11(9-13(10)15)12-4-2-3-5-14(12)17/h2-9H,1H3,(H,18,19). The fourth-order valence-electron chi connectivity index (χ4n) is 2.29. The number of aromatic amines is 1. The van der Waals surface area contributed by atoms with Crippen molar-refractivity contribution < 1.29 is 0 Å². The molecule has 0 spiro atoms. The first kappa shape index (κ1) is 12.0. The van der Waals surface area contributed by atoms with E-state index in [0.717, 1.165) is 32.6 Å². The van der Waals surface area contributed by atoms with Crippen LogP contribution in [0.1, 0.15) is 5.56 Å². The Bertz CT molecular complexity index is 820. The van der Waals surface area contributed by atoms with Gasteiger partial charge in [0.1, 0.15) is 0 Å². The predicted molar refractivity (Wildman–Crippen MR) is 79.8 cm³/mol. The molecule has 1 aromatic heterocycles. The second-order valence-corrected chi connectivity index (χ2v) is 4.96. The Morgan fingerprint density at radius 1 is 1.05 bits per heavy atom. The van der Waals surface area contributed by atoms with Gasteiger partial charge < -0.3 is 4.98 Å². The van der Waals surface area contributed by atoms with Crippen molar-refractivity contribution in [1.29, 1.82) is 0 Å². The van der Waals surface area contributed by atoms with E-state index in [9.17, 15) is 4.79 Å². The van der Waals surface area contributed by atoms with Crippen LogP contribution >= 0.6 is 11.6 Å². The largest absolute Gasteiger partial charge is 0.322 e. The van der Waals surface area contributed by atoms with Crippen molar-refractivity contribution in [2.45, 2.75) is 6.92 Å². The van der Waals surface area contributed by atoms with Crippen molar-refractivity contribution in [1.82, 2.24) is 4.98 Å². The lowest BCUT2D eigenvalue weighted by Crippen LogP contribution is -2.04. The molecule has 0 unspecified atom stereocenters. The van der Waals surface area contributed by atoms with Crippen LogP contribution < -0.4 is 5.56 Å². The van der Waals surface area contributed by atoms with Crippen molar-refractivity contribution in [3.63, 3.8) is 0 Å². The zero-order chi connectivity index (χ0) is 13.4. The van der Waals surface area contributed by atoms with Crippen LogP contribution in [0.15, 0.2) is 53.3 Å². The Hall–Kier alpha value is -2.06. The van der Waals surface area contributed by atoms with Gasteiger partial charge in [-0.2, -0.15) is 0 Å². The molecule has 3 aromatic rings. The van der Waals surface area contributed by atoms with E-state index in [-0.39, 0.29) is 5.56 Å². The Labute approximate surface area is 115 Å². The highest BCUT2D eigenvalue weighted by atomic mass is 35.5. The summed E-state index contributed by atoms with van der Waals surface area (Å²) in [6.07, 6.45) is 0. The molecule has 1 N–H and O–H groups in total. The number of nitrogens with one attached hydrogen (secondary N) is 1. The lowest BCUT2D eigenvalue weighted by atomic mass is 10.0. The van der Waals surface area contributed by atoms with E-state index in [1.807, 2.05) is 43.3 Å². The molecule has 19 heavy (non-hydrogen) atoms. The summed E-state index contributed by atoms with van der Waals surface area (Å²) in [6.45, 7) is 1.94. The van der Waals surface area contributed by atoms with Gasteiger partial charge in [0.2, 0.25) is 5.56 Å². The molecule has 0 saturated heterocycles. The highest BCUT2D eigenvalue weighted by Crippen LogP contribution is 2.30. The number of hydrogen-bond donors (Lipinski definition) is 1. The van der Waals surface area contributed by atoms with Gasteiger partial charge in [0.25, 0.3) is 0 Å². The van der Waals surface area contributed by atoms with Crippen molar-refractivity contribution in [3.05, 3.63) is 69.5 Å². The van der Waals surface area contributed by atoms with Gasteiger partial charge >= 0.3 is 0 Å². The lowest BCUT2D eigenvalue weighted by Gasteiger charge is -2.07. The van der Waals surface area contributed by atoms with Gasteiger partial charge in [-0.1, -0.05) is 35.9 Å². The Kier molecular flexibility index (Phi) is 2.88. The number of fused-ring (bicyclic) bond motifs is 1. The summed E-state index contributed by atoms with van der Waals surface area (Å²) in [5.41, 5.74) is 3.79. The monoisotopic (exact) mass is 269 g/mol. The van der Waals surface area contributed by atoms with E-state index >= 15 is 0 Å². The first-order valence-electron chi connectivity index (χ1n) is 6.04. The molecule has 2 nitrogen and oxygen atoms in total. The molecule has 1 heterocycles. The molecule has 3 rings (SSSR count). The average Bonchev–Trinajstić information content (AvgIpc) is 2.39. The summed E-state index contributed by atoms with van der Waals surface area (Å²) in [5, 5.41) is 1.76. The van der Waals surface area contributed by atoms with E-state index in [2.05, 4.69) is 11.1 Å². The van der Waals surface area contributed by atoms with Crippen LogP contribution in [0.25, 0.3) is 22.0 Å². The molecule has 0 bridgehead atoms. The Balaban J connectivity index is 2.28. The summed E-state index contributed by atoms with van der Waals surface area (Å²) >= 11 is 6.22. The predicted octanol–water partition coefficient (Wildman–Crippen LogP) is 4.16. The van der Waals surface area contributed by atoms with E-state index in [0.29, 0.717) is 0 Å². The van der Waals surface area contributed by atoms with Gasteiger partial charge in [0, 0.05) is 27.6 Å². The number of halogens is 1. The van der Waals surface area contributed by atoms with E-state index in [1.165, 1.54) is 0 Å². The molecular formula is C16H12ClNO. The second-order valence-electron chi connectivity index (χ2n) is 4.56.